The van der Waals surface area contributed by atoms with Crippen molar-refractivity contribution in [2.24, 2.45) is 0 Å². The van der Waals surface area contributed by atoms with Crippen LogP contribution in [0.3, 0.4) is 0 Å². The molecule has 0 saturated carbocycles. The van der Waals surface area contributed by atoms with Crippen molar-refractivity contribution in [2.45, 2.75) is 0 Å². The number of amides is 1. The number of non-ortho nitro benzene ring substituents is 1. The van der Waals surface area contributed by atoms with Crippen LogP contribution in [0.1, 0.15) is 10.4 Å². The molecule has 0 bridgehead atoms. The van der Waals surface area contributed by atoms with Crippen LogP contribution in [-0.2, 0) is 10.0 Å². The Morgan fingerprint density at radius 1 is 1.14 bits per heavy atom. The first-order chi connectivity index (χ1) is 13.9. The van der Waals surface area contributed by atoms with Crippen LogP contribution in [0.15, 0.2) is 42.7 Å². The van der Waals surface area contributed by atoms with E-state index in [1.807, 2.05) is 4.90 Å². The summed E-state index contributed by atoms with van der Waals surface area (Å²) in [5.74, 6) is -0.251. The molecule has 2 aromatic rings. The van der Waals surface area contributed by atoms with Gasteiger partial charge < -0.3 is 10.2 Å². The maximum atomic E-state index is 12.5. The standard InChI is InChI=1S/C17H20N6O5S/c24-16(14-3-1-4-15(13-14)23(25)26)18-7-12-29(27,28)22-10-8-21(9-11-22)17-19-5-2-6-20-17/h1-6,13H,7-12H2,(H,18,24). The summed E-state index contributed by atoms with van der Waals surface area (Å²) in [5.41, 5.74) is -0.0985. The van der Waals surface area contributed by atoms with E-state index in [-0.39, 0.29) is 23.5 Å². The fraction of sp³-hybridized carbons (Fsp3) is 0.353. The molecule has 1 saturated heterocycles. The number of nitro benzene ring substituents is 1. The number of hydrogen-bond donors (Lipinski definition) is 1. The van der Waals surface area contributed by atoms with E-state index in [0.29, 0.717) is 32.1 Å². The summed E-state index contributed by atoms with van der Waals surface area (Å²) in [6.07, 6.45) is 3.27. The minimum Gasteiger partial charge on any atom is -0.351 e. The Morgan fingerprint density at radius 2 is 1.83 bits per heavy atom. The van der Waals surface area contributed by atoms with E-state index >= 15 is 0 Å². The molecule has 0 spiro atoms. The van der Waals surface area contributed by atoms with Crippen LogP contribution in [0.4, 0.5) is 11.6 Å². The molecule has 29 heavy (non-hydrogen) atoms. The number of sulfonamides is 1. The Morgan fingerprint density at radius 3 is 2.48 bits per heavy atom. The van der Waals surface area contributed by atoms with Crippen LogP contribution < -0.4 is 10.2 Å². The smallest absolute Gasteiger partial charge is 0.270 e. The minimum absolute atomic E-state index is 0.0914. The van der Waals surface area contributed by atoms with E-state index in [0.717, 1.165) is 6.07 Å². The van der Waals surface area contributed by atoms with Crippen molar-refractivity contribution in [1.29, 1.82) is 0 Å². The van der Waals surface area contributed by atoms with Crippen molar-refractivity contribution in [2.75, 3.05) is 43.4 Å². The highest BCUT2D eigenvalue weighted by molar-refractivity contribution is 7.89. The summed E-state index contributed by atoms with van der Waals surface area (Å²) in [6.45, 7) is 1.47. The molecule has 2 heterocycles. The van der Waals surface area contributed by atoms with E-state index < -0.39 is 20.9 Å². The summed E-state index contributed by atoms with van der Waals surface area (Å²) in [4.78, 5) is 32.5. The van der Waals surface area contributed by atoms with Crippen molar-refractivity contribution in [3.8, 4) is 0 Å². The van der Waals surface area contributed by atoms with Gasteiger partial charge in [0.15, 0.2) is 0 Å². The summed E-state index contributed by atoms with van der Waals surface area (Å²) in [7, 11) is -3.55. The second-order valence-electron chi connectivity index (χ2n) is 6.31. The van der Waals surface area contributed by atoms with Gasteiger partial charge in [0.1, 0.15) is 0 Å². The van der Waals surface area contributed by atoms with E-state index in [1.165, 1.54) is 22.5 Å². The number of nitrogens with one attached hydrogen (secondary N) is 1. The average Bonchev–Trinajstić information content (AvgIpc) is 2.74. The number of anilines is 1. The van der Waals surface area contributed by atoms with Gasteiger partial charge in [-0.3, -0.25) is 14.9 Å². The fourth-order valence-electron chi connectivity index (χ4n) is 2.91. The molecule has 3 rings (SSSR count). The SMILES string of the molecule is O=C(NCCS(=O)(=O)N1CCN(c2ncccn2)CC1)c1cccc([N+](=O)[O-])c1. The molecular weight excluding hydrogens is 400 g/mol. The lowest BCUT2D eigenvalue weighted by Crippen LogP contribution is -2.50. The minimum atomic E-state index is -3.55. The third-order valence-corrected chi connectivity index (χ3v) is 6.30. The van der Waals surface area contributed by atoms with Gasteiger partial charge in [-0.25, -0.2) is 18.4 Å². The quantitative estimate of drug-likeness (QED) is 0.497. The summed E-state index contributed by atoms with van der Waals surface area (Å²) in [6, 6.07) is 6.98. The maximum absolute atomic E-state index is 12.5. The molecule has 12 heteroatoms. The Hall–Kier alpha value is -3.12. The van der Waals surface area contributed by atoms with Gasteiger partial charge in [0.05, 0.1) is 10.7 Å². The molecule has 0 atom stereocenters. The first-order valence-electron chi connectivity index (χ1n) is 8.89. The Bertz CT molecular complexity index is 977. The molecule has 154 valence electrons. The Kier molecular flexibility index (Phi) is 6.34. The van der Waals surface area contributed by atoms with Gasteiger partial charge in [0.25, 0.3) is 11.6 Å². The van der Waals surface area contributed by atoms with Crippen molar-refractivity contribution >= 4 is 27.6 Å². The molecule has 0 radical (unpaired) electrons. The van der Waals surface area contributed by atoms with Gasteiger partial charge in [-0.1, -0.05) is 6.07 Å². The predicted molar refractivity (Wildman–Crippen MR) is 105 cm³/mol. The van der Waals surface area contributed by atoms with E-state index in [9.17, 15) is 23.3 Å². The van der Waals surface area contributed by atoms with Gasteiger partial charge in [0, 0.05) is 62.8 Å². The number of rotatable bonds is 7. The van der Waals surface area contributed by atoms with Crippen LogP contribution in [0.25, 0.3) is 0 Å². The van der Waals surface area contributed by atoms with Crippen LogP contribution in [0.2, 0.25) is 0 Å². The molecule has 1 aliphatic rings. The Labute approximate surface area is 167 Å². The van der Waals surface area contributed by atoms with Crippen molar-refractivity contribution in [3.05, 3.63) is 58.4 Å². The van der Waals surface area contributed by atoms with Crippen LogP contribution in [-0.4, -0.2) is 72.0 Å². The summed E-state index contributed by atoms with van der Waals surface area (Å²) >= 11 is 0. The molecule has 1 aromatic carbocycles. The zero-order valence-electron chi connectivity index (χ0n) is 15.5. The topological polar surface area (TPSA) is 139 Å². The number of aromatic nitrogens is 2. The molecule has 0 unspecified atom stereocenters. The van der Waals surface area contributed by atoms with Gasteiger partial charge in [-0.05, 0) is 12.1 Å². The molecule has 1 fully saturated rings. The summed E-state index contributed by atoms with van der Waals surface area (Å²) < 4.78 is 26.4. The average molecular weight is 420 g/mol. The highest BCUT2D eigenvalue weighted by Crippen LogP contribution is 2.14. The first-order valence-corrected chi connectivity index (χ1v) is 10.5. The Balaban J connectivity index is 1.50. The van der Waals surface area contributed by atoms with Gasteiger partial charge in [0.2, 0.25) is 16.0 Å². The highest BCUT2D eigenvalue weighted by atomic mass is 32.2. The number of hydrogen-bond acceptors (Lipinski definition) is 8. The zero-order chi connectivity index (χ0) is 20.9. The van der Waals surface area contributed by atoms with Crippen molar-refractivity contribution < 1.29 is 18.1 Å². The molecule has 1 N–H and O–H groups in total. The fourth-order valence-corrected chi connectivity index (χ4v) is 4.24. The molecule has 0 aliphatic carbocycles. The molecule has 1 amide bonds. The molecule has 11 nitrogen and oxygen atoms in total. The normalized spacial score (nSPS) is 15.1. The maximum Gasteiger partial charge on any atom is 0.270 e. The number of piperazine rings is 1. The zero-order valence-corrected chi connectivity index (χ0v) is 16.3. The summed E-state index contributed by atoms with van der Waals surface area (Å²) in [5, 5.41) is 13.3. The van der Waals surface area contributed by atoms with Crippen LogP contribution in [0, 0.1) is 10.1 Å². The number of benzene rings is 1. The molecular formula is C17H20N6O5S. The number of nitro groups is 1. The number of carbonyl (C=O) groups is 1. The second-order valence-corrected chi connectivity index (χ2v) is 8.40. The monoisotopic (exact) mass is 420 g/mol. The lowest BCUT2D eigenvalue weighted by Gasteiger charge is -2.33. The number of carbonyl (C=O) groups excluding carboxylic acids is 1. The predicted octanol–water partition coefficient (Wildman–Crippen LogP) is 0.267. The van der Waals surface area contributed by atoms with Gasteiger partial charge in [-0.15, -0.1) is 0 Å². The van der Waals surface area contributed by atoms with E-state index in [2.05, 4.69) is 15.3 Å². The largest absolute Gasteiger partial charge is 0.351 e. The molecule has 1 aliphatic heterocycles. The van der Waals surface area contributed by atoms with Crippen LogP contribution in [0.5, 0.6) is 0 Å². The van der Waals surface area contributed by atoms with Gasteiger partial charge in [-0.2, -0.15) is 4.31 Å². The van der Waals surface area contributed by atoms with E-state index in [4.69, 9.17) is 0 Å². The third-order valence-electron chi connectivity index (χ3n) is 4.43. The lowest BCUT2D eigenvalue weighted by atomic mass is 10.2. The van der Waals surface area contributed by atoms with Crippen molar-refractivity contribution in [3.63, 3.8) is 0 Å². The van der Waals surface area contributed by atoms with E-state index in [1.54, 1.807) is 18.5 Å². The van der Waals surface area contributed by atoms with Crippen LogP contribution >= 0.6 is 0 Å². The third kappa shape index (κ3) is 5.23. The highest BCUT2D eigenvalue weighted by Gasteiger charge is 2.27. The number of nitrogens with zero attached hydrogens (tertiary/aromatic N) is 5. The second kappa shape index (κ2) is 8.92. The van der Waals surface area contributed by atoms with Crippen molar-refractivity contribution in [1.82, 2.24) is 19.6 Å². The molecule has 1 aromatic heterocycles. The first kappa shape index (κ1) is 20.6. The van der Waals surface area contributed by atoms with Gasteiger partial charge >= 0.3 is 0 Å². The lowest BCUT2D eigenvalue weighted by molar-refractivity contribution is -0.384.